The Morgan fingerprint density at radius 2 is 1.85 bits per heavy atom. The molecule has 20 heavy (non-hydrogen) atoms. The van der Waals surface area contributed by atoms with Gasteiger partial charge in [0.25, 0.3) is 0 Å². The van der Waals surface area contributed by atoms with Gasteiger partial charge in [0, 0.05) is 5.56 Å². The van der Waals surface area contributed by atoms with Crippen LogP contribution in [-0.4, -0.2) is 25.7 Å². The van der Waals surface area contributed by atoms with Crippen LogP contribution in [0.25, 0.3) is 0 Å². The summed E-state index contributed by atoms with van der Waals surface area (Å²) in [5.41, 5.74) is 4.37. The molecule has 0 aliphatic rings. The third-order valence-electron chi connectivity index (χ3n) is 2.76. The van der Waals surface area contributed by atoms with E-state index in [2.05, 4.69) is 10.5 Å². The molecule has 1 N–H and O–H groups in total. The second-order valence-corrected chi connectivity index (χ2v) is 4.16. The van der Waals surface area contributed by atoms with Crippen molar-refractivity contribution in [1.82, 2.24) is 5.43 Å². The number of benzene rings is 2. The van der Waals surface area contributed by atoms with Gasteiger partial charge in [-0.2, -0.15) is 5.10 Å². The maximum atomic E-state index is 11.9. The third-order valence-corrected chi connectivity index (χ3v) is 2.76. The lowest BCUT2D eigenvalue weighted by atomic mass is 10.1. The zero-order valence-corrected chi connectivity index (χ0v) is 11.2. The molecule has 4 heteroatoms. The maximum absolute atomic E-state index is 11.9. The monoisotopic (exact) mass is 268 g/mol. The fraction of sp³-hybridized carbons (Fsp3) is 0.125. The molecule has 0 aliphatic heterocycles. The smallest absolute Gasteiger partial charge is 0.183 e. The van der Waals surface area contributed by atoms with E-state index in [4.69, 9.17) is 4.74 Å². The number of hydrogen-bond donors (Lipinski definition) is 1. The van der Waals surface area contributed by atoms with Gasteiger partial charge < -0.3 is 10.2 Å². The summed E-state index contributed by atoms with van der Waals surface area (Å²) in [4.78, 5) is 11.9. The summed E-state index contributed by atoms with van der Waals surface area (Å²) < 4.78 is 5.05. The topological polar surface area (TPSA) is 50.7 Å². The van der Waals surface area contributed by atoms with Gasteiger partial charge in [0.2, 0.25) is 0 Å². The van der Waals surface area contributed by atoms with Crippen molar-refractivity contribution in [3.8, 4) is 5.75 Å². The molecule has 2 rings (SSSR count). The van der Waals surface area contributed by atoms with E-state index in [-0.39, 0.29) is 12.3 Å². The Labute approximate surface area is 118 Å². The first-order valence-electron chi connectivity index (χ1n) is 6.28. The second kappa shape index (κ2) is 7.09. The summed E-state index contributed by atoms with van der Waals surface area (Å²) in [5.74, 6) is 0.717. The van der Waals surface area contributed by atoms with Crippen molar-refractivity contribution in [2.75, 3.05) is 13.7 Å². The molecular weight excluding hydrogens is 252 g/mol. The van der Waals surface area contributed by atoms with Gasteiger partial charge >= 0.3 is 0 Å². The first-order chi connectivity index (χ1) is 9.79. The minimum absolute atomic E-state index is 0.0159. The third kappa shape index (κ3) is 3.95. The molecule has 0 spiro atoms. The van der Waals surface area contributed by atoms with Gasteiger partial charge in [-0.3, -0.25) is 4.79 Å². The van der Waals surface area contributed by atoms with Crippen molar-refractivity contribution in [2.45, 2.75) is 0 Å². The van der Waals surface area contributed by atoms with Crippen molar-refractivity contribution in [3.05, 3.63) is 65.7 Å². The van der Waals surface area contributed by atoms with E-state index in [1.807, 2.05) is 30.3 Å². The first kappa shape index (κ1) is 13.8. The van der Waals surface area contributed by atoms with Crippen molar-refractivity contribution in [2.24, 2.45) is 5.10 Å². The quantitative estimate of drug-likeness (QED) is 0.497. The molecule has 0 atom stereocenters. The summed E-state index contributed by atoms with van der Waals surface area (Å²) >= 11 is 0. The average Bonchev–Trinajstić information content (AvgIpc) is 2.52. The van der Waals surface area contributed by atoms with Gasteiger partial charge in [0.15, 0.2) is 5.78 Å². The number of ketones is 1. The van der Waals surface area contributed by atoms with Crippen LogP contribution in [0.3, 0.4) is 0 Å². The van der Waals surface area contributed by atoms with Crippen molar-refractivity contribution in [1.29, 1.82) is 0 Å². The molecule has 2 aromatic carbocycles. The summed E-state index contributed by atoms with van der Waals surface area (Å²) in [6.07, 6.45) is 1.68. The van der Waals surface area contributed by atoms with E-state index < -0.39 is 0 Å². The summed E-state index contributed by atoms with van der Waals surface area (Å²) in [6, 6.07) is 16.7. The first-order valence-corrected chi connectivity index (χ1v) is 6.28. The molecule has 4 nitrogen and oxygen atoms in total. The molecule has 0 aromatic heterocycles. The number of Topliss-reactive ketones (excluding diaryl/α,β-unsaturated/α-hetero) is 1. The minimum Gasteiger partial charge on any atom is -0.497 e. The molecule has 0 aliphatic carbocycles. The molecule has 0 amide bonds. The van der Waals surface area contributed by atoms with Gasteiger partial charge in [-0.25, -0.2) is 0 Å². The van der Waals surface area contributed by atoms with E-state index in [1.54, 1.807) is 37.6 Å². The Morgan fingerprint density at radius 1 is 1.15 bits per heavy atom. The van der Waals surface area contributed by atoms with E-state index in [9.17, 15) is 4.79 Å². The molecule has 0 unspecified atom stereocenters. The van der Waals surface area contributed by atoms with Crippen molar-refractivity contribution >= 4 is 12.0 Å². The molecular formula is C16H16N2O2. The van der Waals surface area contributed by atoms with E-state index >= 15 is 0 Å². The van der Waals surface area contributed by atoms with Crippen LogP contribution in [0.15, 0.2) is 59.7 Å². The molecule has 0 fully saturated rings. The fourth-order valence-electron chi connectivity index (χ4n) is 1.66. The molecule has 0 saturated heterocycles. The Bertz CT molecular complexity index is 577. The lowest BCUT2D eigenvalue weighted by Crippen LogP contribution is -2.18. The normalized spacial score (nSPS) is 10.4. The highest BCUT2D eigenvalue weighted by Crippen LogP contribution is 2.11. The molecule has 0 bridgehead atoms. The van der Waals surface area contributed by atoms with Crippen LogP contribution in [0.2, 0.25) is 0 Å². The van der Waals surface area contributed by atoms with E-state index in [0.29, 0.717) is 5.56 Å². The van der Waals surface area contributed by atoms with Crippen LogP contribution in [0, 0.1) is 0 Å². The number of ether oxygens (including phenoxy) is 1. The van der Waals surface area contributed by atoms with Crippen LogP contribution < -0.4 is 10.2 Å². The molecule has 102 valence electrons. The minimum atomic E-state index is -0.0159. The van der Waals surface area contributed by atoms with Gasteiger partial charge in [-0.1, -0.05) is 30.3 Å². The molecule has 0 saturated carbocycles. The summed E-state index contributed by atoms with van der Waals surface area (Å²) in [6.45, 7) is 0.162. The van der Waals surface area contributed by atoms with E-state index in [1.165, 1.54) is 0 Å². The Balaban J connectivity index is 1.84. The van der Waals surface area contributed by atoms with E-state index in [0.717, 1.165) is 11.3 Å². The largest absolute Gasteiger partial charge is 0.497 e. The number of hydrogen-bond acceptors (Lipinski definition) is 4. The number of nitrogens with one attached hydrogen (secondary N) is 1. The van der Waals surface area contributed by atoms with Crippen molar-refractivity contribution in [3.63, 3.8) is 0 Å². The number of nitrogens with zero attached hydrogens (tertiary/aromatic N) is 1. The summed E-state index contributed by atoms with van der Waals surface area (Å²) in [5, 5.41) is 4.02. The molecule has 0 radical (unpaired) electrons. The van der Waals surface area contributed by atoms with Gasteiger partial charge in [-0.05, 0) is 29.8 Å². The average molecular weight is 268 g/mol. The van der Waals surface area contributed by atoms with Crippen molar-refractivity contribution < 1.29 is 9.53 Å². The van der Waals surface area contributed by atoms with Crippen LogP contribution >= 0.6 is 0 Å². The van der Waals surface area contributed by atoms with Crippen LogP contribution in [-0.2, 0) is 0 Å². The fourth-order valence-corrected chi connectivity index (χ4v) is 1.66. The second-order valence-electron chi connectivity index (χ2n) is 4.16. The predicted octanol–water partition coefficient (Wildman–Crippen LogP) is 2.50. The zero-order chi connectivity index (χ0) is 14.2. The SMILES string of the molecule is COc1ccc(C(=O)CN/N=C/c2ccccc2)cc1. The lowest BCUT2D eigenvalue weighted by molar-refractivity contribution is 0.0992. The number of carbonyl (C=O) groups is 1. The highest BCUT2D eigenvalue weighted by Gasteiger charge is 2.04. The highest BCUT2D eigenvalue weighted by atomic mass is 16.5. The number of carbonyl (C=O) groups excluding carboxylic acids is 1. The highest BCUT2D eigenvalue weighted by molar-refractivity contribution is 5.97. The van der Waals surface area contributed by atoms with Gasteiger partial charge in [0.1, 0.15) is 5.75 Å². The molecule has 0 heterocycles. The predicted molar refractivity (Wildman–Crippen MR) is 79.4 cm³/mol. The Hall–Kier alpha value is -2.62. The summed E-state index contributed by atoms with van der Waals surface area (Å²) in [7, 11) is 1.59. The van der Waals surface area contributed by atoms with Crippen LogP contribution in [0.5, 0.6) is 5.75 Å². The van der Waals surface area contributed by atoms with Crippen LogP contribution in [0.1, 0.15) is 15.9 Å². The van der Waals surface area contributed by atoms with Gasteiger partial charge in [0.05, 0.1) is 19.9 Å². The number of hydrazone groups is 1. The Morgan fingerprint density at radius 3 is 2.50 bits per heavy atom. The lowest BCUT2D eigenvalue weighted by Gasteiger charge is -2.02. The standard InChI is InChI=1S/C16H16N2O2/c1-20-15-9-7-14(8-10-15)16(19)12-18-17-11-13-5-3-2-4-6-13/h2-11,18H,12H2,1H3/b17-11+. The number of methoxy groups -OCH3 is 1. The van der Waals surface area contributed by atoms with Gasteiger partial charge in [-0.15, -0.1) is 0 Å². The van der Waals surface area contributed by atoms with Crippen LogP contribution in [0.4, 0.5) is 0 Å². The zero-order valence-electron chi connectivity index (χ0n) is 11.2. The maximum Gasteiger partial charge on any atom is 0.183 e. The Kier molecular flexibility index (Phi) is 4.89. The molecule has 2 aromatic rings. The number of rotatable bonds is 6.